The fourth-order valence-electron chi connectivity index (χ4n) is 2.69. The third kappa shape index (κ3) is 1.69. The highest BCUT2D eigenvalue weighted by Gasteiger charge is 2.25. The molecule has 4 heteroatoms. The van der Waals surface area contributed by atoms with Crippen LogP contribution in [0.2, 0.25) is 0 Å². The maximum atomic E-state index is 9.34. The zero-order valence-corrected chi connectivity index (χ0v) is 10.4. The molecule has 0 saturated heterocycles. The minimum absolute atomic E-state index is 0.0590. The van der Waals surface area contributed by atoms with E-state index in [1.165, 1.54) is 5.56 Å². The van der Waals surface area contributed by atoms with Gasteiger partial charge >= 0.3 is 0 Å². The molecule has 3 rings (SSSR count). The molecule has 3 N–H and O–H groups in total. The van der Waals surface area contributed by atoms with Crippen molar-refractivity contribution in [3.8, 4) is 11.4 Å². The van der Waals surface area contributed by atoms with Crippen molar-refractivity contribution in [3.05, 3.63) is 41.2 Å². The van der Waals surface area contributed by atoms with Crippen LogP contribution in [0.4, 0.5) is 0 Å². The molecule has 0 fully saturated rings. The standard InChI is InChI=1S/C14H17N3O/c1-9-12-3-2-4-13(15)14(12)17(16-9)10-5-7-11(18)8-6-10/h5-8,13,18H,2-4,15H2,1H3. The molecule has 0 spiro atoms. The number of rotatable bonds is 1. The molecule has 1 aromatic carbocycles. The van der Waals surface area contributed by atoms with Crippen molar-refractivity contribution in [1.29, 1.82) is 0 Å². The molecule has 1 aromatic heterocycles. The number of aromatic nitrogens is 2. The predicted molar refractivity (Wildman–Crippen MR) is 69.8 cm³/mol. The molecule has 1 aliphatic carbocycles. The van der Waals surface area contributed by atoms with Gasteiger partial charge in [0.25, 0.3) is 0 Å². The highest BCUT2D eigenvalue weighted by molar-refractivity contribution is 5.42. The van der Waals surface area contributed by atoms with Crippen LogP contribution >= 0.6 is 0 Å². The van der Waals surface area contributed by atoms with E-state index in [4.69, 9.17) is 5.73 Å². The molecule has 1 unspecified atom stereocenters. The summed E-state index contributed by atoms with van der Waals surface area (Å²) in [5, 5.41) is 13.9. The molecule has 1 heterocycles. The summed E-state index contributed by atoms with van der Waals surface area (Å²) in [4.78, 5) is 0. The molecular weight excluding hydrogens is 226 g/mol. The van der Waals surface area contributed by atoms with Crippen LogP contribution < -0.4 is 5.73 Å². The third-order valence-corrected chi connectivity index (χ3v) is 3.61. The Hall–Kier alpha value is -1.81. The van der Waals surface area contributed by atoms with Crippen molar-refractivity contribution >= 4 is 0 Å². The first-order valence-electron chi connectivity index (χ1n) is 6.30. The summed E-state index contributed by atoms with van der Waals surface area (Å²) in [5.74, 6) is 0.265. The molecule has 0 aliphatic heterocycles. The number of phenolic OH excluding ortho intramolecular Hbond substituents is 1. The van der Waals surface area contributed by atoms with Gasteiger partial charge in [-0.1, -0.05) is 0 Å². The molecule has 94 valence electrons. The molecular formula is C14H17N3O. The molecule has 4 nitrogen and oxygen atoms in total. The molecule has 2 aromatic rings. The minimum atomic E-state index is 0.0590. The first-order chi connectivity index (χ1) is 8.66. The Balaban J connectivity index is 2.15. The fourth-order valence-corrected chi connectivity index (χ4v) is 2.69. The highest BCUT2D eigenvalue weighted by Crippen LogP contribution is 2.32. The Bertz CT molecular complexity index is 571. The number of hydrogen-bond donors (Lipinski definition) is 2. The number of benzene rings is 1. The second-order valence-corrected chi connectivity index (χ2v) is 4.88. The monoisotopic (exact) mass is 243 g/mol. The van der Waals surface area contributed by atoms with Gasteiger partial charge in [-0.05, 0) is 56.0 Å². The minimum Gasteiger partial charge on any atom is -0.508 e. The number of phenols is 1. The summed E-state index contributed by atoms with van der Waals surface area (Å²) in [6, 6.07) is 7.14. The Morgan fingerprint density at radius 2 is 2.06 bits per heavy atom. The summed E-state index contributed by atoms with van der Waals surface area (Å²) in [5.41, 5.74) is 10.7. The molecule has 1 atom stereocenters. The van der Waals surface area contributed by atoms with E-state index in [0.29, 0.717) is 0 Å². The Morgan fingerprint density at radius 1 is 1.33 bits per heavy atom. The first kappa shape index (κ1) is 11.3. The van der Waals surface area contributed by atoms with Crippen molar-refractivity contribution in [1.82, 2.24) is 9.78 Å². The average Bonchev–Trinajstić information content (AvgIpc) is 2.70. The molecule has 0 saturated carbocycles. The van der Waals surface area contributed by atoms with E-state index < -0.39 is 0 Å². The summed E-state index contributed by atoms with van der Waals surface area (Å²) in [6.07, 6.45) is 3.21. The average molecular weight is 243 g/mol. The second-order valence-electron chi connectivity index (χ2n) is 4.88. The summed E-state index contributed by atoms with van der Waals surface area (Å²) < 4.78 is 1.92. The van der Waals surface area contributed by atoms with Gasteiger partial charge in [0.15, 0.2) is 0 Å². The van der Waals surface area contributed by atoms with Crippen LogP contribution in [0.3, 0.4) is 0 Å². The number of fused-ring (bicyclic) bond motifs is 1. The maximum absolute atomic E-state index is 9.34. The van der Waals surface area contributed by atoms with E-state index in [0.717, 1.165) is 36.3 Å². The molecule has 1 aliphatic rings. The summed E-state index contributed by atoms with van der Waals surface area (Å²) in [6.45, 7) is 2.04. The van der Waals surface area contributed by atoms with Gasteiger partial charge in [-0.25, -0.2) is 4.68 Å². The number of nitrogens with two attached hydrogens (primary N) is 1. The van der Waals surface area contributed by atoms with Gasteiger partial charge in [-0.2, -0.15) is 5.10 Å². The molecule has 0 bridgehead atoms. The van der Waals surface area contributed by atoms with Crippen molar-refractivity contribution in [2.24, 2.45) is 5.73 Å². The van der Waals surface area contributed by atoms with E-state index in [1.807, 2.05) is 23.7 Å². The topological polar surface area (TPSA) is 64.1 Å². The lowest BCUT2D eigenvalue weighted by atomic mass is 9.92. The Kier molecular flexibility index (Phi) is 2.59. The molecule has 0 amide bonds. The van der Waals surface area contributed by atoms with Crippen LogP contribution in [0.25, 0.3) is 5.69 Å². The van der Waals surface area contributed by atoms with Gasteiger partial charge in [0.2, 0.25) is 0 Å². The summed E-state index contributed by atoms with van der Waals surface area (Å²) >= 11 is 0. The Labute approximate surface area is 106 Å². The van der Waals surface area contributed by atoms with E-state index >= 15 is 0 Å². The fraction of sp³-hybridized carbons (Fsp3) is 0.357. The van der Waals surface area contributed by atoms with Crippen LogP contribution in [0, 0.1) is 6.92 Å². The van der Waals surface area contributed by atoms with Gasteiger partial charge in [0.1, 0.15) is 5.75 Å². The van der Waals surface area contributed by atoms with Gasteiger partial charge in [-0.3, -0.25) is 0 Å². The van der Waals surface area contributed by atoms with Crippen LogP contribution in [-0.2, 0) is 6.42 Å². The Morgan fingerprint density at radius 3 is 2.78 bits per heavy atom. The van der Waals surface area contributed by atoms with Gasteiger partial charge in [0.05, 0.1) is 17.1 Å². The zero-order chi connectivity index (χ0) is 12.7. The van der Waals surface area contributed by atoms with E-state index in [9.17, 15) is 5.11 Å². The predicted octanol–water partition coefficient (Wildman–Crippen LogP) is 2.22. The SMILES string of the molecule is Cc1nn(-c2ccc(O)cc2)c2c1CCCC2N. The van der Waals surface area contributed by atoms with E-state index in [2.05, 4.69) is 5.10 Å². The lowest BCUT2D eigenvalue weighted by Gasteiger charge is -2.20. The second kappa shape index (κ2) is 4.14. The number of hydrogen-bond acceptors (Lipinski definition) is 3. The normalized spacial score (nSPS) is 18.7. The smallest absolute Gasteiger partial charge is 0.115 e. The third-order valence-electron chi connectivity index (χ3n) is 3.61. The molecule has 18 heavy (non-hydrogen) atoms. The number of aryl methyl sites for hydroxylation is 1. The maximum Gasteiger partial charge on any atom is 0.115 e. The summed E-state index contributed by atoms with van der Waals surface area (Å²) in [7, 11) is 0. The van der Waals surface area contributed by atoms with Gasteiger partial charge < -0.3 is 10.8 Å². The van der Waals surface area contributed by atoms with E-state index in [1.54, 1.807) is 12.1 Å². The lowest BCUT2D eigenvalue weighted by molar-refractivity contribution is 0.475. The van der Waals surface area contributed by atoms with Crippen LogP contribution in [0.5, 0.6) is 5.75 Å². The van der Waals surface area contributed by atoms with Crippen molar-refractivity contribution in [2.45, 2.75) is 32.2 Å². The van der Waals surface area contributed by atoms with Crippen LogP contribution in [-0.4, -0.2) is 14.9 Å². The van der Waals surface area contributed by atoms with Crippen LogP contribution in [0.15, 0.2) is 24.3 Å². The van der Waals surface area contributed by atoms with Gasteiger partial charge in [0, 0.05) is 6.04 Å². The lowest BCUT2D eigenvalue weighted by Crippen LogP contribution is -2.20. The van der Waals surface area contributed by atoms with Crippen molar-refractivity contribution < 1.29 is 5.11 Å². The number of aromatic hydroxyl groups is 1. The first-order valence-corrected chi connectivity index (χ1v) is 6.30. The van der Waals surface area contributed by atoms with Crippen molar-refractivity contribution in [3.63, 3.8) is 0 Å². The molecule has 0 radical (unpaired) electrons. The van der Waals surface area contributed by atoms with Crippen molar-refractivity contribution in [2.75, 3.05) is 0 Å². The van der Waals surface area contributed by atoms with E-state index in [-0.39, 0.29) is 11.8 Å². The quantitative estimate of drug-likeness (QED) is 0.807. The largest absolute Gasteiger partial charge is 0.508 e. The van der Waals surface area contributed by atoms with Gasteiger partial charge in [-0.15, -0.1) is 0 Å². The van der Waals surface area contributed by atoms with Crippen LogP contribution in [0.1, 0.15) is 35.8 Å². The zero-order valence-electron chi connectivity index (χ0n) is 10.4. The number of nitrogens with zero attached hydrogens (tertiary/aromatic N) is 2. The highest BCUT2D eigenvalue weighted by atomic mass is 16.3.